The molecule has 0 radical (unpaired) electrons. The van der Waals surface area contributed by atoms with E-state index < -0.39 is 9.84 Å². The van der Waals surface area contributed by atoms with E-state index in [0.29, 0.717) is 29.4 Å². The van der Waals surface area contributed by atoms with Gasteiger partial charge in [0.25, 0.3) is 0 Å². The average Bonchev–Trinajstić information content (AvgIpc) is 2.49. The van der Waals surface area contributed by atoms with Gasteiger partial charge in [-0.15, -0.1) is 0 Å². The Morgan fingerprint density at radius 3 is 2.36 bits per heavy atom. The first kappa shape index (κ1) is 7.55. The lowest BCUT2D eigenvalue weighted by atomic mass is 10.0. The highest BCUT2D eigenvalue weighted by atomic mass is 32.2. The quantitative estimate of drug-likeness (QED) is 0.598. The lowest BCUT2D eigenvalue weighted by molar-refractivity contribution is 0.507. The third kappa shape index (κ3) is 1.42. The van der Waals surface area contributed by atoms with Gasteiger partial charge < -0.3 is 5.73 Å². The van der Waals surface area contributed by atoms with Crippen LogP contribution < -0.4 is 5.73 Å². The zero-order chi connectivity index (χ0) is 8.06. The fraction of sp³-hybridized carbons (Fsp3) is 1.00. The lowest BCUT2D eigenvalue weighted by Crippen LogP contribution is -2.12. The first-order valence-electron chi connectivity index (χ1n) is 4.04. The van der Waals surface area contributed by atoms with E-state index in [1.807, 2.05) is 0 Å². The van der Waals surface area contributed by atoms with Gasteiger partial charge in [-0.1, -0.05) is 0 Å². The maximum absolute atomic E-state index is 11.0. The Morgan fingerprint density at radius 1 is 1.36 bits per heavy atom. The highest BCUT2D eigenvalue weighted by Crippen LogP contribution is 2.40. The molecule has 1 saturated heterocycles. The summed E-state index contributed by atoms with van der Waals surface area (Å²) in [5.41, 5.74) is 5.64. The molecule has 11 heavy (non-hydrogen) atoms. The lowest BCUT2D eigenvalue weighted by Gasteiger charge is -2.02. The molecular formula is C7H13NO2S. The molecule has 2 fully saturated rings. The summed E-state index contributed by atoms with van der Waals surface area (Å²) >= 11 is 0. The smallest absolute Gasteiger partial charge is 0.150 e. The molecule has 2 rings (SSSR count). The number of sulfone groups is 1. The summed E-state index contributed by atoms with van der Waals surface area (Å²) in [5, 5.41) is 0. The summed E-state index contributed by atoms with van der Waals surface area (Å²) in [7, 11) is -2.68. The Labute approximate surface area is 66.9 Å². The molecule has 0 aromatic rings. The van der Waals surface area contributed by atoms with Crippen LogP contribution in [0.3, 0.4) is 0 Å². The second-order valence-corrected chi connectivity index (χ2v) is 5.96. The molecule has 3 nitrogen and oxygen atoms in total. The van der Waals surface area contributed by atoms with E-state index in [-0.39, 0.29) is 0 Å². The summed E-state index contributed by atoms with van der Waals surface area (Å²) in [6, 6.07) is 0.299. The van der Waals surface area contributed by atoms with Gasteiger partial charge in [0.05, 0.1) is 11.5 Å². The van der Waals surface area contributed by atoms with E-state index in [2.05, 4.69) is 0 Å². The summed E-state index contributed by atoms with van der Waals surface area (Å²) < 4.78 is 22.1. The van der Waals surface area contributed by atoms with Gasteiger partial charge >= 0.3 is 0 Å². The Bertz CT molecular complexity index is 260. The standard InChI is InChI=1S/C7H13NO2S/c8-7-3-6(7)5-1-2-11(9,10)4-5/h5-7H,1-4,8H2. The van der Waals surface area contributed by atoms with Gasteiger partial charge in [0, 0.05) is 6.04 Å². The molecular weight excluding hydrogens is 162 g/mol. The second kappa shape index (κ2) is 2.20. The fourth-order valence-electron chi connectivity index (χ4n) is 1.94. The first-order valence-corrected chi connectivity index (χ1v) is 5.87. The van der Waals surface area contributed by atoms with Gasteiger partial charge in [-0.3, -0.25) is 0 Å². The summed E-state index contributed by atoms with van der Waals surface area (Å²) in [6.07, 6.45) is 1.89. The van der Waals surface area contributed by atoms with E-state index in [1.54, 1.807) is 0 Å². The van der Waals surface area contributed by atoms with Crippen molar-refractivity contribution in [2.24, 2.45) is 17.6 Å². The van der Waals surface area contributed by atoms with E-state index >= 15 is 0 Å². The van der Waals surface area contributed by atoms with Crippen molar-refractivity contribution in [2.45, 2.75) is 18.9 Å². The highest BCUT2D eigenvalue weighted by Gasteiger charge is 2.44. The summed E-state index contributed by atoms with van der Waals surface area (Å²) in [5.74, 6) is 1.69. The van der Waals surface area contributed by atoms with Crippen LogP contribution in [0.1, 0.15) is 12.8 Å². The van der Waals surface area contributed by atoms with Crippen LogP contribution in [-0.4, -0.2) is 26.0 Å². The molecule has 0 aromatic carbocycles. The predicted octanol–water partition coefficient (Wildman–Crippen LogP) is -0.232. The van der Waals surface area contributed by atoms with E-state index in [4.69, 9.17) is 5.73 Å². The van der Waals surface area contributed by atoms with Crippen molar-refractivity contribution in [1.82, 2.24) is 0 Å². The maximum Gasteiger partial charge on any atom is 0.150 e. The molecule has 3 atom stereocenters. The highest BCUT2D eigenvalue weighted by molar-refractivity contribution is 7.91. The second-order valence-electron chi connectivity index (χ2n) is 3.73. The van der Waals surface area contributed by atoms with Gasteiger partial charge in [-0.2, -0.15) is 0 Å². The minimum atomic E-state index is -2.68. The molecule has 4 heteroatoms. The molecule has 1 aliphatic heterocycles. The third-order valence-corrected chi connectivity index (χ3v) is 4.56. The van der Waals surface area contributed by atoms with Crippen molar-refractivity contribution in [3.05, 3.63) is 0 Å². The third-order valence-electron chi connectivity index (χ3n) is 2.76. The van der Waals surface area contributed by atoms with Crippen molar-refractivity contribution in [1.29, 1.82) is 0 Å². The van der Waals surface area contributed by atoms with Crippen LogP contribution >= 0.6 is 0 Å². The van der Waals surface area contributed by atoms with Crippen molar-refractivity contribution >= 4 is 9.84 Å². The van der Waals surface area contributed by atoms with Gasteiger partial charge in [0.15, 0.2) is 9.84 Å². The van der Waals surface area contributed by atoms with Crippen LogP contribution in [-0.2, 0) is 9.84 Å². The molecule has 0 aromatic heterocycles. The Balaban J connectivity index is 2.01. The molecule has 64 valence electrons. The van der Waals surface area contributed by atoms with E-state index in [0.717, 1.165) is 12.8 Å². The first-order chi connectivity index (χ1) is 5.08. The molecule has 1 heterocycles. The fourth-order valence-corrected chi connectivity index (χ4v) is 3.83. The Kier molecular flexibility index (Phi) is 1.51. The number of hydrogen-bond donors (Lipinski definition) is 1. The molecule has 1 aliphatic carbocycles. The Morgan fingerprint density at radius 2 is 2.00 bits per heavy atom. The molecule has 3 unspecified atom stereocenters. The monoisotopic (exact) mass is 175 g/mol. The van der Waals surface area contributed by atoms with Crippen LogP contribution in [0.5, 0.6) is 0 Å². The SMILES string of the molecule is NC1CC1C1CCS(=O)(=O)C1. The maximum atomic E-state index is 11.0. The summed E-state index contributed by atoms with van der Waals surface area (Å²) in [6.45, 7) is 0. The van der Waals surface area contributed by atoms with E-state index in [9.17, 15) is 8.42 Å². The van der Waals surface area contributed by atoms with Crippen molar-refractivity contribution in [3.8, 4) is 0 Å². The van der Waals surface area contributed by atoms with Crippen LogP contribution in [0.25, 0.3) is 0 Å². The number of nitrogens with two attached hydrogens (primary N) is 1. The van der Waals surface area contributed by atoms with Gasteiger partial charge in [0.1, 0.15) is 0 Å². The zero-order valence-electron chi connectivity index (χ0n) is 6.36. The molecule has 0 amide bonds. The zero-order valence-corrected chi connectivity index (χ0v) is 7.18. The van der Waals surface area contributed by atoms with Gasteiger partial charge in [-0.05, 0) is 24.7 Å². The number of rotatable bonds is 1. The molecule has 2 N–H and O–H groups in total. The molecule has 1 saturated carbocycles. The molecule has 0 bridgehead atoms. The Hall–Kier alpha value is -0.0900. The van der Waals surface area contributed by atoms with Crippen molar-refractivity contribution < 1.29 is 8.42 Å². The van der Waals surface area contributed by atoms with E-state index in [1.165, 1.54) is 0 Å². The van der Waals surface area contributed by atoms with Gasteiger partial charge in [0.2, 0.25) is 0 Å². The van der Waals surface area contributed by atoms with Crippen molar-refractivity contribution in [3.63, 3.8) is 0 Å². The van der Waals surface area contributed by atoms with Crippen molar-refractivity contribution in [2.75, 3.05) is 11.5 Å². The number of hydrogen-bond acceptors (Lipinski definition) is 3. The van der Waals surface area contributed by atoms with Crippen LogP contribution in [0.4, 0.5) is 0 Å². The average molecular weight is 175 g/mol. The molecule has 2 aliphatic rings. The van der Waals surface area contributed by atoms with Crippen LogP contribution in [0.15, 0.2) is 0 Å². The predicted molar refractivity (Wildman–Crippen MR) is 42.8 cm³/mol. The van der Waals surface area contributed by atoms with Crippen LogP contribution in [0, 0.1) is 11.8 Å². The molecule has 0 spiro atoms. The topological polar surface area (TPSA) is 60.2 Å². The minimum absolute atomic E-state index is 0.299. The largest absolute Gasteiger partial charge is 0.327 e. The summed E-state index contributed by atoms with van der Waals surface area (Å²) in [4.78, 5) is 0. The van der Waals surface area contributed by atoms with Crippen LogP contribution in [0.2, 0.25) is 0 Å². The normalized spacial score (nSPS) is 47.5. The van der Waals surface area contributed by atoms with Gasteiger partial charge in [-0.25, -0.2) is 8.42 Å². The minimum Gasteiger partial charge on any atom is -0.327 e.